The maximum Gasteiger partial charge on any atom is 0.321 e. The monoisotopic (exact) mass is 253 g/mol. The van der Waals surface area contributed by atoms with Crippen molar-refractivity contribution < 1.29 is 14.3 Å². The van der Waals surface area contributed by atoms with E-state index < -0.39 is 12.0 Å². The molecule has 0 saturated carbocycles. The molecule has 18 heavy (non-hydrogen) atoms. The van der Waals surface area contributed by atoms with Crippen LogP contribution < -0.4 is 0 Å². The fourth-order valence-corrected chi connectivity index (χ4v) is 2.20. The number of likely N-dealkylation sites (N-methyl/N-ethyl adjacent to an activating group) is 1. The zero-order chi connectivity index (χ0) is 13.9. The van der Waals surface area contributed by atoms with Gasteiger partial charge in [0.15, 0.2) is 0 Å². The third-order valence-corrected chi connectivity index (χ3v) is 3.29. The Morgan fingerprint density at radius 3 is 2.28 bits per heavy atom. The standard InChI is InChI=1S/C14H20FNO2/c1-9(2)13(14(17)18)16(4)10(3)11-7-5-6-8-12(11)15/h5-10,13H,1-4H3,(H,17,18). The molecule has 1 rings (SSSR count). The molecule has 1 aromatic carbocycles. The van der Waals surface area contributed by atoms with E-state index in [0.29, 0.717) is 5.56 Å². The highest BCUT2D eigenvalue weighted by molar-refractivity contribution is 5.73. The van der Waals surface area contributed by atoms with Gasteiger partial charge in [0.2, 0.25) is 0 Å². The molecule has 2 atom stereocenters. The Morgan fingerprint density at radius 1 is 1.28 bits per heavy atom. The first kappa shape index (κ1) is 14.6. The largest absolute Gasteiger partial charge is 0.480 e. The van der Waals surface area contributed by atoms with Crippen LogP contribution in [0.2, 0.25) is 0 Å². The second-order valence-electron chi connectivity index (χ2n) is 4.89. The number of carboxylic acid groups (broad SMARTS) is 1. The van der Waals surface area contributed by atoms with Crippen LogP contribution in [0.1, 0.15) is 32.4 Å². The van der Waals surface area contributed by atoms with Gasteiger partial charge in [-0.25, -0.2) is 4.39 Å². The lowest BCUT2D eigenvalue weighted by Gasteiger charge is -2.33. The summed E-state index contributed by atoms with van der Waals surface area (Å²) >= 11 is 0. The number of benzene rings is 1. The molecule has 0 aliphatic carbocycles. The van der Waals surface area contributed by atoms with E-state index in [9.17, 15) is 14.3 Å². The summed E-state index contributed by atoms with van der Waals surface area (Å²) < 4.78 is 13.7. The number of carbonyl (C=O) groups is 1. The fraction of sp³-hybridized carbons (Fsp3) is 0.500. The molecule has 0 spiro atoms. The fourth-order valence-electron chi connectivity index (χ4n) is 2.20. The molecule has 0 aliphatic rings. The SMILES string of the molecule is CC(C)C(C(=O)O)N(C)C(C)c1ccccc1F. The van der Waals surface area contributed by atoms with E-state index in [1.54, 1.807) is 30.1 Å². The van der Waals surface area contributed by atoms with Gasteiger partial charge in [0.25, 0.3) is 0 Å². The van der Waals surface area contributed by atoms with Gasteiger partial charge in [-0.1, -0.05) is 32.0 Å². The van der Waals surface area contributed by atoms with E-state index in [-0.39, 0.29) is 17.8 Å². The molecular weight excluding hydrogens is 233 g/mol. The number of aliphatic carboxylic acids is 1. The van der Waals surface area contributed by atoms with Crippen LogP contribution in [0.15, 0.2) is 24.3 Å². The predicted octanol–water partition coefficient (Wildman–Crippen LogP) is 2.93. The maximum atomic E-state index is 13.7. The predicted molar refractivity (Wildman–Crippen MR) is 68.8 cm³/mol. The molecule has 100 valence electrons. The van der Waals surface area contributed by atoms with Crippen LogP contribution in [0.5, 0.6) is 0 Å². The Labute approximate surface area is 107 Å². The van der Waals surface area contributed by atoms with Crippen LogP contribution >= 0.6 is 0 Å². The third kappa shape index (κ3) is 3.07. The highest BCUT2D eigenvalue weighted by Gasteiger charge is 2.30. The number of nitrogens with zero attached hydrogens (tertiary/aromatic N) is 1. The molecule has 0 heterocycles. The molecule has 3 nitrogen and oxygen atoms in total. The molecule has 0 fully saturated rings. The zero-order valence-corrected chi connectivity index (χ0v) is 11.2. The van der Waals surface area contributed by atoms with Crippen LogP contribution in [0.25, 0.3) is 0 Å². The second kappa shape index (κ2) is 5.96. The van der Waals surface area contributed by atoms with Gasteiger partial charge in [0.1, 0.15) is 11.9 Å². The van der Waals surface area contributed by atoms with Crippen LogP contribution in [0, 0.1) is 11.7 Å². The summed E-state index contributed by atoms with van der Waals surface area (Å²) in [6.07, 6.45) is 0. The molecule has 0 radical (unpaired) electrons. The van der Waals surface area contributed by atoms with Crippen molar-refractivity contribution in [2.24, 2.45) is 5.92 Å². The summed E-state index contributed by atoms with van der Waals surface area (Å²) in [5.74, 6) is -1.22. The summed E-state index contributed by atoms with van der Waals surface area (Å²) in [5, 5.41) is 9.24. The first-order valence-electron chi connectivity index (χ1n) is 6.05. The minimum absolute atomic E-state index is 0.0401. The topological polar surface area (TPSA) is 40.5 Å². The van der Waals surface area contributed by atoms with E-state index >= 15 is 0 Å². The number of carboxylic acids is 1. The second-order valence-corrected chi connectivity index (χ2v) is 4.89. The lowest BCUT2D eigenvalue weighted by molar-refractivity contribution is -0.145. The van der Waals surface area contributed by atoms with Crippen molar-refractivity contribution in [1.82, 2.24) is 4.90 Å². The Bertz CT molecular complexity index is 420. The number of hydrogen-bond donors (Lipinski definition) is 1. The summed E-state index contributed by atoms with van der Waals surface area (Å²) in [7, 11) is 1.72. The Balaban J connectivity index is 2.99. The summed E-state index contributed by atoms with van der Waals surface area (Å²) in [6, 6.07) is 5.56. The minimum Gasteiger partial charge on any atom is -0.480 e. The first-order chi connectivity index (χ1) is 8.36. The highest BCUT2D eigenvalue weighted by atomic mass is 19.1. The van der Waals surface area contributed by atoms with E-state index in [2.05, 4.69) is 0 Å². The van der Waals surface area contributed by atoms with Gasteiger partial charge < -0.3 is 5.11 Å². The average molecular weight is 253 g/mol. The number of rotatable bonds is 5. The van der Waals surface area contributed by atoms with Crippen molar-refractivity contribution in [2.75, 3.05) is 7.05 Å². The summed E-state index contributed by atoms with van der Waals surface area (Å²) in [4.78, 5) is 13.0. The molecule has 4 heteroatoms. The minimum atomic E-state index is -0.879. The third-order valence-electron chi connectivity index (χ3n) is 3.29. The van der Waals surface area contributed by atoms with Crippen molar-refractivity contribution in [3.63, 3.8) is 0 Å². The zero-order valence-electron chi connectivity index (χ0n) is 11.2. The summed E-state index contributed by atoms with van der Waals surface area (Å²) in [5.41, 5.74) is 0.520. The van der Waals surface area contributed by atoms with Crippen molar-refractivity contribution >= 4 is 5.97 Å². The molecule has 0 saturated heterocycles. The average Bonchev–Trinajstić information content (AvgIpc) is 2.27. The van der Waals surface area contributed by atoms with E-state index in [1.165, 1.54) is 6.07 Å². The lowest BCUT2D eigenvalue weighted by Crippen LogP contribution is -2.43. The maximum absolute atomic E-state index is 13.7. The smallest absolute Gasteiger partial charge is 0.321 e. The lowest BCUT2D eigenvalue weighted by atomic mass is 9.99. The van der Waals surface area contributed by atoms with Crippen LogP contribution in [0.4, 0.5) is 4.39 Å². The molecule has 1 aromatic rings. The quantitative estimate of drug-likeness (QED) is 0.877. The van der Waals surface area contributed by atoms with E-state index in [0.717, 1.165) is 0 Å². The Kier molecular flexibility index (Phi) is 4.84. The molecule has 0 amide bonds. The first-order valence-corrected chi connectivity index (χ1v) is 6.05. The molecule has 0 bridgehead atoms. The van der Waals surface area contributed by atoms with Crippen molar-refractivity contribution in [3.05, 3.63) is 35.6 Å². The van der Waals surface area contributed by atoms with Crippen molar-refractivity contribution in [3.8, 4) is 0 Å². The molecule has 0 aromatic heterocycles. The van der Waals surface area contributed by atoms with Gasteiger partial charge in [0.05, 0.1) is 0 Å². The van der Waals surface area contributed by atoms with Gasteiger partial charge in [-0.2, -0.15) is 0 Å². The Morgan fingerprint density at radius 2 is 1.83 bits per heavy atom. The van der Waals surface area contributed by atoms with Gasteiger partial charge in [-0.15, -0.1) is 0 Å². The van der Waals surface area contributed by atoms with Gasteiger partial charge >= 0.3 is 5.97 Å². The molecule has 1 N–H and O–H groups in total. The molecule has 2 unspecified atom stereocenters. The van der Waals surface area contributed by atoms with Crippen LogP contribution in [-0.2, 0) is 4.79 Å². The van der Waals surface area contributed by atoms with Crippen LogP contribution in [0.3, 0.4) is 0 Å². The van der Waals surface area contributed by atoms with Gasteiger partial charge in [0, 0.05) is 11.6 Å². The number of halogens is 1. The molecule has 0 aliphatic heterocycles. The van der Waals surface area contributed by atoms with Crippen molar-refractivity contribution in [2.45, 2.75) is 32.9 Å². The van der Waals surface area contributed by atoms with Gasteiger partial charge in [-0.3, -0.25) is 9.69 Å². The highest BCUT2D eigenvalue weighted by Crippen LogP contribution is 2.25. The van der Waals surface area contributed by atoms with E-state index in [1.807, 2.05) is 20.8 Å². The van der Waals surface area contributed by atoms with Gasteiger partial charge in [-0.05, 0) is 26.0 Å². The summed E-state index contributed by atoms with van der Waals surface area (Å²) in [6.45, 7) is 5.52. The number of hydrogen-bond acceptors (Lipinski definition) is 2. The van der Waals surface area contributed by atoms with E-state index in [4.69, 9.17) is 0 Å². The Hall–Kier alpha value is -1.42. The van der Waals surface area contributed by atoms with Crippen LogP contribution in [-0.4, -0.2) is 29.1 Å². The normalized spacial score (nSPS) is 14.8. The van der Waals surface area contributed by atoms with Crippen molar-refractivity contribution in [1.29, 1.82) is 0 Å². The molecular formula is C14H20FNO2.